The van der Waals surface area contributed by atoms with E-state index in [2.05, 4.69) is 56.2 Å². The maximum atomic E-state index is 4.98. The van der Waals surface area contributed by atoms with Gasteiger partial charge in [0.1, 0.15) is 0 Å². The van der Waals surface area contributed by atoms with Crippen molar-refractivity contribution < 1.29 is 40.8 Å². The predicted octanol–water partition coefficient (Wildman–Crippen LogP) is 8.16. The van der Waals surface area contributed by atoms with Crippen LogP contribution in [0.25, 0.3) is 0 Å². The molecule has 3 nitrogen and oxygen atoms in total. The normalized spacial score (nSPS) is 9.57. The summed E-state index contributed by atoms with van der Waals surface area (Å²) >= 11 is 29.9. The fraction of sp³-hybridized carbons (Fsp3) is 0.889. The van der Waals surface area contributed by atoms with E-state index in [-0.39, 0.29) is 40.8 Å². The zero-order valence-electron chi connectivity index (χ0n) is 24.5. The smallest absolute Gasteiger partial charge is 0.411 e. The summed E-state index contributed by atoms with van der Waals surface area (Å²) in [6.07, 6.45) is 14.4. The molecule has 0 saturated heterocycles. The summed E-state index contributed by atoms with van der Waals surface area (Å²) in [5.41, 5.74) is 0. The van der Waals surface area contributed by atoms with E-state index >= 15 is 0 Å². The van der Waals surface area contributed by atoms with E-state index < -0.39 is 0 Å². The van der Waals surface area contributed by atoms with Crippen molar-refractivity contribution in [3.63, 3.8) is 0 Å². The predicted molar refractivity (Wildman–Crippen MR) is 184 cm³/mol. The van der Waals surface area contributed by atoms with Crippen molar-refractivity contribution in [2.45, 2.75) is 119 Å². The molecule has 0 N–H and O–H groups in total. The van der Waals surface area contributed by atoms with Crippen LogP contribution in [0.15, 0.2) is 0 Å². The number of rotatable bonds is 18. The van der Waals surface area contributed by atoms with Crippen molar-refractivity contribution in [2.75, 3.05) is 39.3 Å². The van der Waals surface area contributed by atoms with Crippen molar-refractivity contribution in [1.82, 2.24) is 14.7 Å². The van der Waals surface area contributed by atoms with E-state index in [0.29, 0.717) is 13.0 Å². The van der Waals surface area contributed by atoms with Gasteiger partial charge in [-0.25, -0.2) is 0 Å². The maximum absolute atomic E-state index is 4.98. The minimum absolute atomic E-state index is 0. The van der Waals surface area contributed by atoms with Crippen LogP contribution in [0.5, 0.6) is 0 Å². The van der Waals surface area contributed by atoms with Crippen molar-refractivity contribution in [3.8, 4) is 0 Å². The van der Waals surface area contributed by atoms with Gasteiger partial charge < -0.3 is 89.2 Å². The Morgan fingerprint density at radius 2 is 0.541 bits per heavy atom. The third-order valence-corrected chi connectivity index (χ3v) is 7.01. The van der Waals surface area contributed by atoms with Gasteiger partial charge in [-0.1, -0.05) is 93.0 Å². The molecule has 0 aromatic carbocycles. The molecular formula is C27H54N3NdS6. The Hall–Kier alpha value is 1.68. The zero-order chi connectivity index (χ0) is 28.2. The third-order valence-electron chi connectivity index (χ3n) is 5.46. The van der Waals surface area contributed by atoms with Crippen LogP contribution in [0, 0.1) is 40.8 Å². The van der Waals surface area contributed by atoms with Gasteiger partial charge in [0.2, 0.25) is 0 Å². The topological polar surface area (TPSA) is 9.72 Å². The summed E-state index contributed by atoms with van der Waals surface area (Å²) < 4.78 is 1.91. The van der Waals surface area contributed by atoms with Crippen LogP contribution in [0.1, 0.15) is 119 Å². The Morgan fingerprint density at radius 3 is 0.622 bits per heavy atom. The average Bonchev–Trinajstić information content (AvgIpc) is 2.84. The van der Waals surface area contributed by atoms with Crippen molar-refractivity contribution in [3.05, 3.63) is 0 Å². The van der Waals surface area contributed by atoms with E-state index in [4.69, 9.17) is 74.5 Å². The van der Waals surface area contributed by atoms with Gasteiger partial charge >= 0.3 is 40.8 Å². The second kappa shape index (κ2) is 35.7. The molecule has 0 unspecified atom stereocenters. The number of thiocarbonyl (C=S) groups is 3. The van der Waals surface area contributed by atoms with Crippen LogP contribution in [-0.2, 0) is 37.9 Å². The second-order valence-corrected chi connectivity index (χ2v) is 12.0. The van der Waals surface area contributed by atoms with Gasteiger partial charge in [0.05, 0.1) is 0 Å². The standard InChI is InChI=1S/3C9H19NS2.Nd/c3*1-3-5-7-10(9(11)12)8-6-4-2;/h3*3-8H2,1-2H3,(H,11,12);/q;;;+3/p-3. The van der Waals surface area contributed by atoms with E-state index in [9.17, 15) is 0 Å². The molecule has 0 amide bonds. The Kier molecular flexibility index (Phi) is 44.1. The Balaban J connectivity index is -0.000000218. The Labute approximate surface area is 297 Å². The van der Waals surface area contributed by atoms with E-state index in [1.54, 1.807) is 0 Å². The van der Waals surface area contributed by atoms with Crippen LogP contribution in [0.2, 0.25) is 0 Å². The van der Waals surface area contributed by atoms with Crippen LogP contribution < -0.4 is 0 Å². The fourth-order valence-corrected chi connectivity index (χ4v) is 4.07. The monoisotopic (exact) mass is 754 g/mol. The molecule has 0 aliphatic heterocycles. The van der Waals surface area contributed by atoms with Gasteiger partial charge in [-0.2, -0.15) is 0 Å². The molecule has 0 fully saturated rings. The summed E-state index contributed by atoms with van der Waals surface area (Å²) in [5, 5.41) is 0. The molecule has 0 atom stereocenters. The van der Waals surface area contributed by atoms with Crippen molar-refractivity contribution >= 4 is 87.5 Å². The second-order valence-electron chi connectivity index (χ2n) is 8.88. The third kappa shape index (κ3) is 33.8. The van der Waals surface area contributed by atoms with E-state index in [1.165, 1.54) is 77.0 Å². The van der Waals surface area contributed by atoms with Crippen LogP contribution in [-0.4, -0.2) is 66.9 Å². The summed E-state index contributed by atoms with van der Waals surface area (Å²) in [6.45, 7) is 19.4. The molecule has 0 aliphatic rings. The van der Waals surface area contributed by atoms with Gasteiger partial charge in [0.25, 0.3) is 0 Å². The number of hydrogen-bond donors (Lipinski definition) is 0. The SMILES string of the molecule is CCCCN(CCCC)C(=S)[S-].CCCCN(CCCC)C(=S)[S-].CCCCN(CCCC)C(=S)[S-].[Nd+3]. The van der Waals surface area contributed by atoms with Gasteiger partial charge in [-0.3, -0.25) is 0 Å². The number of nitrogens with zero attached hydrogens (tertiary/aromatic N) is 3. The molecular weight excluding hydrogens is 703 g/mol. The van der Waals surface area contributed by atoms with Crippen LogP contribution in [0.4, 0.5) is 0 Å². The summed E-state index contributed by atoms with van der Waals surface area (Å²) in [5.74, 6) is 0. The molecule has 0 heterocycles. The van der Waals surface area contributed by atoms with E-state index in [0.717, 1.165) is 39.3 Å². The quantitative estimate of drug-likeness (QED) is 0.100. The zero-order valence-corrected chi connectivity index (χ0v) is 32.6. The summed E-state index contributed by atoms with van der Waals surface area (Å²) in [4.78, 5) is 6.41. The summed E-state index contributed by atoms with van der Waals surface area (Å²) in [7, 11) is 0. The van der Waals surface area contributed by atoms with Crippen LogP contribution >= 0.6 is 36.7 Å². The first-order chi connectivity index (χ1) is 17.2. The van der Waals surface area contributed by atoms with Gasteiger partial charge in [-0.05, 0) is 38.5 Å². The minimum Gasteiger partial charge on any atom is -0.411 e. The number of hydrogen-bond acceptors (Lipinski definition) is 6. The summed E-state index contributed by atoms with van der Waals surface area (Å²) in [6, 6.07) is 0. The van der Waals surface area contributed by atoms with Crippen molar-refractivity contribution in [2.24, 2.45) is 0 Å². The van der Waals surface area contributed by atoms with Gasteiger partial charge in [-0.15, -0.1) is 0 Å². The molecule has 0 rings (SSSR count). The molecule has 37 heavy (non-hydrogen) atoms. The van der Waals surface area contributed by atoms with E-state index in [1.807, 2.05) is 0 Å². The van der Waals surface area contributed by atoms with Gasteiger partial charge in [0.15, 0.2) is 0 Å². The first-order valence-corrected chi connectivity index (χ1v) is 16.5. The molecule has 217 valence electrons. The molecule has 0 spiro atoms. The minimum atomic E-state index is 0. The maximum Gasteiger partial charge on any atom is 3.00 e. The first-order valence-electron chi connectivity index (χ1n) is 14.0. The molecule has 0 bridgehead atoms. The molecule has 10 heteroatoms. The first kappa shape index (κ1) is 45.7. The fourth-order valence-electron chi connectivity index (χ4n) is 2.98. The molecule has 1 radical (unpaired) electrons. The average molecular weight is 757 g/mol. The van der Waals surface area contributed by atoms with Crippen LogP contribution in [0.3, 0.4) is 0 Å². The van der Waals surface area contributed by atoms with Crippen molar-refractivity contribution in [1.29, 1.82) is 0 Å². The molecule has 0 aromatic rings. The molecule has 0 aromatic heterocycles. The molecule has 0 saturated carbocycles. The largest absolute Gasteiger partial charge is 3.00 e. The molecule has 0 aliphatic carbocycles. The van der Waals surface area contributed by atoms with Gasteiger partial charge in [0, 0.05) is 39.3 Å². The number of unbranched alkanes of at least 4 members (excludes halogenated alkanes) is 6. The Morgan fingerprint density at radius 1 is 0.405 bits per heavy atom. The Bertz CT molecular complexity index is 431.